The number of carbonyl (C=O) groups excluding carboxylic acids is 1. The van der Waals surface area contributed by atoms with Gasteiger partial charge in [0.2, 0.25) is 6.41 Å². The Hall–Kier alpha value is -2.50. The van der Waals surface area contributed by atoms with Crippen LogP contribution in [0.1, 0.15) is 18.4 Å². The second kappa shape index (κ2) is 9.81. The lowest BCUT2D eigenvalue weighted by molar-refractivity contribution is -0.118. The second-order valence-electron chi connectivity index (χ2n) is 6.69. The van der Waals surface area contributed by atoms with Crippen molar-refractivity contribution in [2.45, 2.75) is 20.4 Å². The van der Waals surface area contributed by atoms with Crippen LogP contribution in [0.5, 0.6) is 0 Å². The number of anilines is 1. The van der Waals surface area contributed by atoms with Gasteiger partial charge in [-0.2, -0.15) is 0 Å². The van der Waals surface area contributed by atoms with Gasteiger partial charge >= 0.3 is 0 Å². The standard InChI is InChI=1S/C22H23Cl2N3O2/c1-3-27(19-7-5-18(6-8-19)22-13-25-16(2)29-22)11-10-26(15-28)14-17-4-9-20(23)21(24)12-17/h4-9,12-13,15H,3,10-11,14H2,1-2H3. The fourth-order valence-corrected chi connectivity index (χ4v) is 3.41. The van der Waals surface area contributed by atoms with E-state index in [4.69, 9.17) is 27.6 Å². The molecule has 0 saturated heterocycles. The Labute approximate surface area is 180 Å². The number of amides is 1. The molecule has 29 heavy (non-hydrogen) atoms. The van der Waals surface area contributed by atoms with Gasteiger partial charge < -0.3 is 14.2 Å². The minimum absolute atomic E-state index is 0.488. The molecule has 0 unspecified atom stereocenters. The van der Waals surface area contributed by atoms with Crippen molar-refractivity contribution >= 4 is 35.3 Å². The normalized spacial score (nSPS) is 10.8. The van der Waals surface area contributed by atoms with Crippen LogP contribution in [0.4, 0.5) is 5.69 Å². The van der Waals surface area contributed by atoms with Crippen LogP contribution in [0.15, 0.2) is 53.1 Å². The number of hydrogen-bond donors (Lipinski definition) is 0. The monoisotopic (exact) mass is 431 g/mol. The number of halogens is 2. The van der Waals surface area contributed by atoms with Crippen LogP contribution >= 0.6 is 23.2 Å². The van der Waals surface area contributed by atoms with Crippen molar-refractivity contribution in [3.63, 3.8) is 0 Å². The summed E-state index contributed by atoms with van der Waals surface area (Å²) in [6.45, 7) is 6.56. The Kier molecular flexibility index (Phi) is 7.18. The van der Waals surface area contributed by atoms with Crippen LogP contribution in [0, 0.1) is 6.92 Å². The highest BCUT2D eigenvalue weighted by Gasteiger charge is 2.10. The Morgan fingerprint density at radius 2 is 1.83 bits per heavy atom. The third kappa shape index (κ3) is 5.52. The molecule has 0 N–H and O–H groups in total. The largest absolute Gasteiger partial charge is 0.441 e. The molecule has 0 spiro atoms. The molecule has 3 rings (SSSR count). The number of aromatic nitrogens is 1. The first-order chi connectivity index (χ1) is 14.0. The second-order valence-corrected chi connectivity index (χ2v) is 7.51. The van der Waals surface area contributed by atoms with E-state index in [0.717, 1.165) is 42.1 Å². The van der Waals surface area contributed by atoms with Gasteiger partial charge in [0.05, 0.1) is 16.2 Å². The lowest BCUT2D eigenvalue weighted by atomic mass is 10.1. The van der Waals surface area contributed by atoms with E-state index in [-0.39, 0.29) is 0 Å². The lowest BCUT2D eigenvalue weighted by Crippen LogP contribution is -2.34. The zero-order chi connectivity index (χ0) is 20.8. The zero-order valence-corrected chi connectivity index (χ0v) is 18.0. The smallest absolute Gasteiger partial charge is 0.210 e. The first-order valence-electron chi connectivity index (χ1n) is 9.41. The van der Waals surface area contributed by atoms with Gasteiger partial charge in [-0.25, -0.2) is 4.98 Å². The van der Waals surface area contributed by atoms with E-state index in [9.17, 15) is 4.79 Å². The summed E-state index contributed by atoms with van der Waals surface area (Å²) in [6.07, 6.45) is 2.60. The van der Waals surface area contributed by atoms with Crippen molar-refractivity contribution in [2.75, 3.05) is 24.5 Å². The number of hydrogen-bond acceptors (Lipinski definition) is 4. The van der Waals surface area contributed by atoms with Gasteiger partial charge in [-0.1, -0.05) is 29.3 Å². The highest BCUT2D eigenvalue weighted by Crippen LogP contribution is 2.25. The zero-order valence-electron chi connectivity index (χ0n) is 16.4. The summed E-state index contributed by atoms with van der Waals surface area (Å²) >= 11 is 12.0. The van der Waals surface area contributed by atoms with Crippen LogP contribution in [0.3, 0.4) is 0 Å². The molecule has 0 aliphatic heterocycles. The molecule has 1 heterocycles. The molecule has 0 aliphatic carbocycles. The molecule has 0 atom stereocenters. The molecule has 2 aromatic carbocycles. The van der Waals surface area contributed by atoms with Crippen LogP contribution in [-0.2, 0) is 11.3 Å². The summed E-state index contributed by atoms with van der Waals surface area (Å²) in [5.41, 5.74) is 3.02. The van der Waals surface area contributed by atoms with Gasteiger partial charge in [-0.05, 0) is 48.9 Å². The summed E-state index contributed by atoms with van der Waals surface area (Å²) in [5, 5.41) is 1.00. The number of carbonyl (C=O) groups is 1. The van der Waals surface area contributed by atoms with Crippen LogP contribution in [0.2, 0.25) is 10.0 Å². The summed E-state index contributed by atoms with van der Waals surface area (Å²) in [4.78, 5) is 19.6. The maximum absolute atomic E-state index is 11.5. The molecule has 0 aliphatic rings. The van der Waals surface area contributed by atoms with Gasteiger partial charge in [0.1, 0.15) is 0 Å². The first-order valence-corrected chi connectivity index (χ1v) is 10.2. The SMILES string of the molecule is CCN(CCN(C=O)Cc1ccc(Cl)c(Cl)c1)c1ccc(-c2cnc(C)o2)cc1. The minimum Gasteiger partial charge on any atom is -0.441 e. The molecule has 5 nitrogen and oxygen atoms in total. The van der Waals surface area contributed by atoms with E-state index in [1.54, 1.807) is 23.2 Å². The molecule has 3 aromatic rings. The Balaban J connectivity index is 1.62. The number of nitrogens with zero attached hydrogens (tertiary/aromatic N) is 3. The average molecular weight is 432 g/mol. The number of likely N-dealkylation sites (N-methyl/N-ethyl adjacent to an activating group) is 1. The maximum Gasteiger partial charge on any atom is 0.210 e. The quantitative estimate of drug-likeness (QED) is 0.423. The minimum atomic E-state index is 0.488. The predicted molar refractivity (Wildman–Crippen MR) is 117 cm³/mol. The van der Waals surface area contributed by atoms with E-state index >= 15 is 0 Å². The van der Waals surface area contributed by atoms with Gasteiger partial charge in [-0.15, -0.1) is 0 Å². The molecular formula is C22H23Cl2N3O2. The number of benzene rings is 2. The average Bonchev–Trinajstić information content (AvgIpc) is 3.17. The highest BCUT2D eigenvalue weighted by atomic mass is 35.5. The topological polar surface area (TPSA) is 49.6 Å². The van der Waals surface area contributed by atoms with Crippen molar-refractivity contribution in [3.8, 4) is 11.3 Å². The fourth-order valence-electron chi connectivity index (χ4n) is 3.09. The van der Waals surface area contributed by atoms with E-state index in [1.165, 1.54) is 0 Å². The van der Waals surface area contributed by atoms with E-state index in [1.807, 2.05) is 25.1 Å². The Bertz CT molecular complexity index is 957. The molecular weight excluding hydrogens is 409 g/mol. The highest BCUT2D eigenvalue weighted by molar-refractivity contribution is 6.42. The molecule has 0 saturated carbocycles. The summed E-state index contributed by atoms with van der Waals surface area (Å²) in [7, 11) is 0. The molecule has 7 heteroatoms. The Morgan fingerprint density at radius 3 is 2.41 bits per heavy atom. The van der Waals surface area contributed by atoms with Crippen molar-refractivity contribution in [1.82, 2.24) is 9.88 Å². The predicted octanol–water partition coefficient (Wildman–Crippen LogP) is 5.44. The van der Waals surface area contributed by atoms with Crippen molar-refractivity contribution < 1.29 is 9.21 Å². The van der Waals surface area contributed by atoms with Gasteiger partial charge in [0.15, 0.2) is 11.7 Å². The number of aryl methyl sites for hydroxylation is 1. The maximum atomic E-state index is 11.5. The van der Waals surface area contributed by atoms with E-state index < -0.39 is 0 Å². The van der Waals surface area contributed by atoms with Crippen molar-refractivity contribution in [3.05, 3.63) is 70.2 Å². The molecule has 0 radical (unpaired) electrons. The van der Waals surface area contributed by atoms with Crippen LogP contribution in [0.25, 0.3) is 11.3 Å². The third-order valence-corrected chi connectivity index (χ3v) is 5.43. The third-order valence-electron chi connectivity index (χ3n) is 4.70. The molecule has 1 amide bonds. The summed E-state index contributed by atoms with van der Waals surface area (Å²) in [5.74, 6) is 1.40. The van der Waals surface area contributed by atoms with Crippen LogP contribution in [-0.4, -0.2) is 35.9 Å². The van der Waals surface area contributed by atoms with Gasteiger partial charge in [-0.3, -0.25) is 4.79 Å². The fraction of sp³-hybridized carbons (Fsp3) is 0.273. The van der Waals surface area contributed by atoms with Crippen molar-refractivity contribution in [2.24, 2.45) is 0 Å². The van der Waals surface area contributed by atoms with Crippen LogP contribution < -0.4 is 4.90 Å². The number of rotatable bonds is 9. The van der Waals surface area contributed by atoms with Crippen molar-refractivity contribution in [1.29, 1.82) is 0 Å². The number of oxazole rings is 1. The summed E-state index contributed by atoms with van der Waals surface area (Å²) < 4.78 is 5.57. The van der Waals surface area contributed by atoms with E-state index in [0.29, 0.717) is 29.0 Å². The molecule has 1 aromatic heterocycles. The first kappa shape index (κ1) is 21.2. The molecule has 152 valence electrons. The Morgan fingerprint density at radius 1 is 1.07 bits per heavy atom. The van der Waals surface area contributed by atoms with Gasteiger partial charge in [0, 0.05) is 44.4 Å². The van der Waals surface area contributed by atoms with E-state index in [2.05, 4.69) is 28.9 Å². The molecule has 0 fully saturated rings. The molecule has 0 bridgehead atoms. The lowest BCUT2D eigenvalue weighted by Gasteiger charge is -2.26. The van der Waals surface area contributed by atoms with Gasteiger partial charge in [0.25, 0.3) is 0 Å². The summed E-state index contributed by atoms with van der Waals surface area (Å²) in [6, 6.07) is 13.6.